The second-order valence-corrected chi connectivity index (χ2v) is 8.26. The highest BCUT2D eigenvalue weighted by molar-refractivity contribution is 7.85. The number of hydrogen-bond acceptors (Lipinski definition) is 3. The molecule has 4 atom stereocenters. The van der Waals surface area contributed by atoms with E-state index in [-0.39, 0.29) is 11.3 Å². The Kier molecular flexibility index (Phi) is 6.98. The molecule has 1 aliphatic rings. The maximum Gasteiger partial charge on any atom is 0.0501 e. The summed E-state index contributed by atoms with van der Waals surface area (Å²) in [6, 6.07) is 0.118. The molecular formula is C15H31NO2S. The van der Waals surface area contributed by atoms with Crippen LogP contribution in [-0.4, -0.2) is 35.0 Å². The van der Waals surface area contributed by atoms with Gasteiger partial charge in [-0.2, -0.15) is 0 Å². The zero-order chi connectivity index (χ0) is 14.5. The standard InChI is InChI=1S/C15H31NO2S/c1-5-15(2,3)12-7-8-13(16)14(11-12)19(17)10-6-9-18-4/h12-14H,5-11,16H2,1-4H3. The van der Waals surface area contributed by atoms with E-state index in [4.69, 9.17) is 10.5 Å². The van der Waals surface area contributed by atoms with Gasteiger partial charge in [0.15, 0.2) is 0 Å². The van der Waals surface area contributed by atoms with Gasteiger partial charge in [-0.25, -0.2) is 0 Å². The van der Waals surface area contributed by atoms with Crippen molar-refractivity contribution in [2.24, 2.45) is 17.1 Å². The maximum atomic E-state index is 12.4. The number of hydrogen-bond donors (Lipinski definition) is 1. The van der Waals surface area contributed by atoms with Crippen molar-refractivity contribution in [3.05, 3.63) is 0 Å². The van der Waals surface area contributed by atoms with Crippen LogP contribution < -0.4 is 5.73 Å². The molecule has 0 amide bonds. The van der Waals surface area contributed by atoms with Crippen molar-refractivity contribution in [2.75, 3.05) is 19.5 Å². The molecule has 1 aliphatic carbocycles. The number of nitrogens with two attached hydrogens (primary N) is 1. The van der Waals surface area contributed by atoms with Gasteiger partial charge in [0.05, 0.1) is 5.25 Å². The molecule has 114 valence electrons. The molecule has 0 spiro atoms. The molecule has 0 heterocycles. The Morgan fingerprint density at radius 1 is 1.37 bits per heavy atom. The minimum Gasteiger partial charge on any atom is -0.385 e. The van der Waals surface area contributed by atoms with Crippen LogP contribution in [0.4, 0.5) is 0 Å². The molecule has 0 aromatic carbocycles. The second-order valence-electron chi connectivity index (χ2n) is 6.49. The van der Waals surface area contributed by atoms with Gasteiger partial charge >= 0.3 is 0 Å². The molecule has 1 rings (SSSR count). The number of ether oxygens (including phenoxy) is 1. The van der Waals surface area contributed by atoms with E-state index in [2.05, 4.69) is 20.8 Å². The molecule has 0 radical (unpaired) electrons. The van der Waals surface area contributed by atoms with Gasteiger partial charge in [-0.15, -0.1) is 0 Å². The molecule has 4 unspecified atom stereocenters. The average Bonchev–Trinajstić information content (AvgIpc) is 2.39. The first-order valence-electron chi connectivity index (χ1n) is 7.54. The Morgan fingerprint density at radius 3 is 2.63 bits per heavy atom. The molecule has 1 fully saturated rings. The second kappa shape index (κ2) is 7.75. The third kappa shape index (κ3) is 4.83. The zero-order valence-electron chi connectivity index (χ0n) is 13.0. The first kappa shape index (κ1) is 17.1. The van der Waals surface area contributed by atoms with E-state index in [1.165, 1.54) is 12.8 Å². The summed E-state index contributed by atoms with van der Waals surface area (Å²) >= 11 is 0. The van der Waals surface area contributed by atoms with Gasteiger partial charge in [-0.05, 0) is 37.0 Å². The minimum absolute atomic E-state index is 0.118. The summed E-state index contributed by atoms with van der Waals surface area (Å²) in [5.41, 5.74) is 6.55. The molecule has 2 N–H and O–H groups in total. The van der Waals surface area contributed by atoms with Crippen LogP contribution in [0.25, 0.3) is 0 Å². The van der Waals surface area contributed by atoms with Crippen LogP contribution in [-0.2, 0) is 15.5 Å². The monoisotopic (exact) mass is 289 g/mol. The molecule has 4 heteroatoms. The van der Waals surface area contributed by atoms with Crippen LogP contribution in [0.1, 0.15) is 52.9 Å². The molecule has 19 heavy (non-hydrogen) atoms. The summed E-state index contributed by atoms with van der Waals surface area (Å²) < 4.78 is 17.5. The summed E-state index contributed by atoms with van der Waals surface area (Å²) in [4.78, 5) is 0. The Balaban J connectivity index is 2.58. The fourth-order valence-electron chi connectivity index (χ4n) is 2.95. The summed E-state index contributed by atoms with van der Waals surface area (Å²) in [6.07, 6.45) is 5.29. The van der Waals surface area contributed by atoms with E-state index in [9.17, 15) is 4.21 Å². The lowest BCUT2D eigenvalue weighted by Gasteiger charge is -2.41. The van der Waals surface area contributed by atoms with Gasteiger partial charge in [0, 0.05) is 36.3 Å². The number of methoxy groups -OCH3 is 1. The maximum absolute atomic E-state index is 12.4. The Morgan fingerprint density at radius 2 is 2.05 bits per heavy atom. The lowest BCUT2D eigenvalue weighted by molar-refractivity contribution is 0.147. The molecule has 0 bridgehead atoms. The van der Waals surface area contributed by atoms with Gasteiger partial charge in [0.25, 0.3) is 0 Å². The quantitative estimate of drug-likeness (QED) is 0.733. The molecule has 0 aliphatic heterocycles. The fraction of sp³-hybridized carbons (Fsp3) is 1.00. The smallest absolute Gasteiger partial charge is 0.0501 e. The summed E-state index contributed by atoms with van der Waals surface area (Å²) in [5, 5.41) is 0.182. The average molecular weight is 289 g/mol. The van der Waals surface area contributed by atoms with Crippen molar-refractivity contribution >= 4 is 10.8 Å². The van der Waals surface area contributed by atoms with Gasteiger partial charge < -0.3 is 10.5 Å². The van der Waals surface area contributed by atoms with Crippen LogP contribution >= 0.6 is 0 Å². The third-order valence-electron chi connectivity index (χ3n) is 4.89. The van der Waals surface area contributed by atoms with E-state index in [1.54, 1.807) is 7.11 Å². The Hall–Kier alpha value is 0.0700. The Bertz CT molecular complexity index is 294. The van der Waals surface area contributed by atoms with Crippen LogP contribution in [0.3, 0.4) is 0 Å². The lowest BCUT2D eigenvalue weighted by atomic mass is 9.69. The van der Waals surface area contributed by atoms with Crippen LogP contribution in [0.15, 0.2) is 0 Å². The highest BCUT2D eigenvalue weighted by Crippen LogP contribution is 2.41. The van der Waals surface area contributed by atoms with Crippen molar-refractivity contribution in [1.82, 2.24) is 0 Å². The largest absolute Gasteiger partial charge is 0.385 e. The summed E-state index contributed by atoms with van der Waals surface area (Å²) in [7, 11) is 0.889. The number of rotatable bonds is 7. The first-order chi connectivity index (χ1) is 8.92. The molecule has 1 saturated carbocycles. The van der Waals surface area contributed by atoms with E-state index in [0.717, 1.165) is 25.0 Å². The molecule has 0 aromatic rings. The van der Waals surface area contributed by atoms with Crippen LogP contribution in [0, 0.1) is 11.3 Å². The SMILES string of the molecule is CCC(C)(C)C1CCC(N)C(S(=O)CCCOC)C1. The fourth-order valence-corrected chi connectivity index (χ4v) is 4.63. The zero-order valence-corrected chi connectivity index (χ0v) is 13.8. The highest BCUT2D eigenvalue weighted by atomic mass is 32.2. The highest BCUT2D eigenvalue weighted by Gasteiger charge is 2.38. The first-order valence-corrected chi connectivity index (χ1v) is 8.92. The van der Waals surface area contributed by atoms with Gasteiger partial charge in [-0.3, -0.25) is 4.21 Å². The summed E-state index contributed by atoms with van der Waals surface area (Å²) in [5.74, 6) is 1.39. The topological polar surface area (TPSA) is 52.3 Å². The van der Waals surface area contributed by atoms with E-state index in [0.29, 0.717) is 17.9 Å². The van der Waals surface area contributed by atoms with Crippen molar-refractivity contribution in [2.45, 2.75) is 64.2 Å². The Labute approximate surface area is 121 Å². The summed E-state index contributed by atoms with van der Waals surface area (Å²) in [6.45, 7) is 7.61. The predicted octanol–water partition coefficient (Wildman–Crippen LogP) is 2.70. The van der Waals surface area contributed by atoms with Crippen molar-refractivity contribution in [3.8, 4) is 0 Å². The predicted molar refractivity (Wildman–Crippen MR) is 82.7 cm³/mol. The van der Waals surface area contributed by atoms with Crippen LogP contribution in [0.2, 0.25) is 0 Å². The van der Waals surface area contributed by atoms with Gasteiger partial charge in [-0.1, -0.05) is 27.2 Å². The molecule has 3 nitrogen and oxygen atoms in total. The van der Waals surface area contributed by atoms with Crippen molar-refractivity contribution < 1.29 is 8.95 Å². The van der Waals surface area contributed by atoms with Crippen molar-refractivity contribution in [3.63, 3.8) is 0 Å². The molecule has 0 saturated heterocycles. The van der Waals surface area contributed by atoms with E-state index >= 15 is 0 Å². The minimum atomic E-state index is -0.801. The third-order valence-corrected chi connectivity index (χ3v) is 6.80. The van der Waals surface area contributed by atoms with Crippen LogP contribution in [0.5, 0.6) is 0 Å². The van der Waals surface area contributed by atoms with E-state index < -0.39 is 10.8 Å². The molecule has 0 aromatic heterocycles. The normalized spacial score (nSPS) is 30.3. The lowest BCUT2D eigenvalue weighted by Crippen LogP contribution is -2.46. The van der Waals surface area contributed by atoms with E-state index in [1.807, 2.05) is 0 Å². The van der Waals surface area contributed by atoms with Crippen molar-refractivity contribution in [1.29, 1.82) is 0 Å². The molecular weight excluding hydrogens is 258 g/mol. The van der Waals surface area contributed by atoms with Gasteiger partial charge in [0.2, 0.25) is 0 Å². The van der Waals surface area contributed by atoms with Gasteiger partial charge in [0.1, 0.15) is 0 Å².